The molecule has 18 heavy (non-hydrogen) atoms. The first-order chi connectivity index (χ1) is 8.76. The van der Waals surface area contributed by atoms with Gasteiger partial charge in [0.1, 0.15) is 0 Å². The van der Waals surface area contributed by atoms with Crippen LogP contribution < -0.4 is 5.32 Å². The van der Waals surface area contributed by atoms with Gasteiger partial charge in [-0.3, -0.25) is 0 Å². The van der Waals surface area contributed by atoms with Gasteiger partial charge in [0.15, 0.2) is 0 Å². The van der Waals surface area contributed by atoms with Crippen LogP contribution in [0.2, 0.25) is 0 Å². The monoisotopic (exact) mass is 267 g/mol. The van der Waals surface area contributed by atoms with Crippen LogP contribution in [0.3, 0.4) is 0 Å². The molecule has 0 amide bonds. The van der Waals surface area contributed by atoms with Crippen molar-refractivity contribution in [3.63, 3.8) is 0 Å². The summed E-state index contributed by atoms with van der Waals surface area (Å²) in [6.45, 7) is 2.00. The minimum Gasteiger partial charge on any atom is -0.465 e. The minimum absolute atomic E-state index is 0.156. The lowest BCUT2D eigenvalue weighted by Gasteiger charge is -2.29. The second-order valence-electron chi connectivity index (χ2n) is 4.55. The fourth-order valence-electron chi connectivity index (χ4n) is 2.52. The molecule has 1 N–H and O–H groups in total. The molecule has 4 nitrogen and oxygen atoms in total. The number of rotatable bonds is 2. The van der Waals surface area contributed by atoms with Gasteiger partial charge in [0.05, 0.1) is 28.8 Å². The van der Waals surface area contributed by atoms with Crippen molar-refractivity contribution in [3.05, 3.63) is 23.8 Å². The van der Waals surface area contributed by atoms with E-state index in [1.165, 1.54) is 7.11 Å². The third-order valence-electron chi connectivity index (χ3n) is 3.52. The molecular formula is C13H17NO3S. The Hall–Kier alpha value is -1.20. The zero-order chi connectivity index (χ0) is 13.0. The number of methoxy groups -OCH3 is 1. The molecule has 1 saturated heterocycles. The van der Waals surface area contributed by atoms with Crippen molar-refractivity contribution in [1.82, 2.24) is 5.32 Å². The number of allylic oxidation sites excluding steroid dienone is 2. The Morgan fingerprint density at radius 1 is 1.44 bits per heavy atom. The fourth-order valence-corrected chi connectivity index (χ4v) is 3.07. The molecule has 1 aliphatic carbocycles. The van der Waals surface area contributed by atoms with Gasteiger partial charge >= 0.3 is 5.97 Å². The van der Waals surface area contributed by atoms with Gasteiger partial charge in [-0.05, 0) is 37.9 Å². The molecule has 2 rings (SSSR count). The third kappa shape index (κ3) is 2.79. The molecule has 0 radical (unpaired) electrons. The molecule has 1 fully saturated rings. The van der Waals surface area contributed by atoms with Crippen LogP contribution >= 0.6 is 0 Å². The summed E-state index contributed by atoms with van der Waals surface area (Å²) < 4.78 is 15.9. The van der Waals surface area contributed by atoms with Crippen molar-refractivity contribution in [2.24, 2.45) is 11.8 Å². The van der Waals surface area contributed by atoms with Crippen LogP contribution in [0.4, 0.5) is 0 Å². The summed E-state index contributed by atoms with van der Waals surface area (Å²) >= 11 is 0.490. The van der Waals surface area contributed by atoms with Gasteiger partial charge in [0.2, 0.25) is 0 Å². The van der Waals surface area contributed by atoms with Gasteiger partial charge in [-0.2, -0.15) is 0 Å². The third-order valence-corrected chi connectivity index (χ3v) is 4.10. The molecule has 0 saturated carbocycles. The first-order valence-corrected chi connectivity index (χ1v) is 6.86. The second-order valence-corrected chi connectivity index (χ2v) is 5.19. The van der Waals surface area contributed by atoms with E-state index >= 15 is 0 Å². The number of hydrogen-bond acceptors (Lipinski definition) is 4. The normalized spacial score (nSPS) is 24.6. The maximum Gasteiger partial charge on any atom is 0.337 e. The average Bonchev–Trinajstić information content (AvgIpc) is 2.46. The molecule has 2 aliphatic rings. The van der Waals surface area contributed by atoms with Gasteiger partial charge in [-0.1, -0.05) is 12.2 Å². The summed E-state index contributed by atoms with van der Waals surface area (Å²) in [5.74, 6) is 0.263. The first-order valence-electron chi connectivity index (χ1n) is 6.12. The van der Waals surface area contributed by atoms with E-state index in [1.54, 1.807) is 12.2 Å². The molecule has 5 heteroatoms. The van der Waals surface area contributed by atoms with Gasteiger partial charge in [0, 0.05) is 5.92 Å². The molecule has 0 aromatic carbocycles. The molecule has 1 aliphatic heterocycles. The largest absolute Gasteiger partial charge is 0.465 e. The van der Waals surface area contributed by atoms with Gasteiger partial charge in [0.25, 0.3) is 0 Å². The Kier molecular flexibility index (Phi) is 4.49. The lowest BCUT2D eigenvalue weighted by molar-refractivity contribution is -0.135. The van der Waals surface area contributed by atoms with Gasteiger partial charge in [-0.25, -0.2) is 9.00 Å². The van der Waals surface area contributed by atoms with Crippen LogP contribution in [0.1, 0.15) is 12.8 Å². The summed E-state index contributed by atoms with van der Waals surface area (Å²) in [6, 6.07) is 0. The number of piperidine rings is 1. The Bertz CT molecular complexity index is 443. The quantitative estimate of drug-likeness (QED) is 0.590. The van der Waals surface area contributed by atoms with E-state index in [4.69, 9.17) is 0 Å². The highest BCUT2D eigenvalue weighted by atomic mass is 32.1. The van der Waals surface area contributed by atoms with E-state index in [1.807, 2.05) is 6.08 Å². The van der Waals surface area contributed by atoms with E-state index in [2.05, 4.69) is 10.1 Å². The van der Waals surface area contributed by atoms with Crippen molar-refractivity contribution in [2.45, 2.75) is 12.8 Å². The van der Waals surface area contributed by atoms with Crippen molar-refractivity contribution in [3.8, 4) is 0 Å². The van der Waals surface area contributed by atoms with Crippen LogP contribution in [0.5, 0.6) is 0 Å². The molecule has 0 aromatic rings. The molecule has 1 heterocycles. The summed E-state index contributed by atoms with van der Waals surface area (Å²) in [5, 5.41) is 3.31. The highest BCUT2D eigenvalue weighted by molar-refractivity contribution is 7.67. The van der Waals surface area contributed by atoms with Crippen molar-refractivity contribution >= 4 is 22.1 Å². The highest BCUT2D eigenvalue weighted by Gasteiger charge is 2.27. The topological polar surface area (TPSA) is 55.4 Å². The summed E-state index contributed by atoms with van der Waals surface area (Å²) in [4.78, 5) is 12.2. The van der Waals surface area contributed by atoms with Crippen molar-refractivity contribution in [2.75, 3.05) is 20.2 Å². The first kappa shape index (κ1) is 13.2. The fraction of sp³-hybridized carbons (Fsp3) is 0.538. The Labute approximate surface area is 110 Å². The molecule has 1 unspecified atom stereocenters. The average molecular weight is 267 g/mol. The predicted octanol–water partition coefficient (Wildman–Crippen LogP) is 0.657. The lowest BCUT2D eigenvalue weighted by atomic mass is 9.80. The maximum atomic E-state index is 11.4. The van der Waals surface area contributed by atoms with Crippen LogP contribution in [0.25, 0.3) is 0 Å². The number of carbonyl (C=O) groups excluding carboxylic acids is 1. The van der Waals surface area contributed by atoms with Gasteiger partial charge in [-0.15, -0.1) is 0 Å². The molecule has 0 spiro atoms. The Balaban J connectivity index is 2.17. The van der Waals surface area contributed by atoms with Crippen LogP contribution in [-0.2, 0) is 20.8 Å². The van der Waals surface area contributed by atoms with Crippen LogP contribution in [0.15, 0.2) is 23.8 Å². The Morgan fingerprint density at radius 3 is 2.78 bits per heavy atom. The number of esters is 1. The van der Waals surface area contributed by atoms with Crippen molar-refractivity contribution in [1.29, 1.82) is 0 Å². The zero-order valence-electron chi connectivity index (χ0n) is 10.3. The van der Waals surface area contributed by atoms with E-state index in [0.29, 0.717) is 22.7 Å². The Morgan fingerprint density at radius 2 is 2.17 bits per heavy atom. The van der Waals surface area contributed by atoms with E-state index in [9.17, 15) is 9.00 Å². The number of carbonyl (C=O) groups is 1. The standard InChI is InChI=1S/C13H17NO3S/c1-17-13(15)10-2-3-11(12(8-10)18-16)9-4-6-14-7-5-9/h2-3,8-9,11,14H,4-7H2,1H3. The molecule has 98 valence electrons. The number of hydrogen-bond donors (Lipinski definition) is 1. The summed E-state index contributed by atoms with van der Waals surface area (Å²) in [7, 11) is 1.35. The summed E-state index contributed by atoms with van der Waals surface area (Å²) in [5.41, 5.74) is 0.459. The minimum atomic E-state index is -0.387. The van der Waals surface area contributed by atoms with Crippen molar-refractivity contribution < 1.29 is 13.7 Å². The molecule has 0 aromatic heterocycles. The summed E-state index contributed by atoms with van der Waals surface area (Å²) in [6.07, 6.45) is 7.57. The highest BCUT2D eigenvalue weighted by Crippen LogP contribution is 2.28. The SMILES string of the molecule is COC(=O)C1=CC(=S=O)C(C2CCNCC2)C=C1. The molecular weight excluding hydrogens is 250 g/mol. The second kappa shape index (κ2) is 6.11. The van der Waals surface area contributed by atoms with Gasteiger partial charge < -0.3 is 10.1 Å². The maximum absolute atomic E-state index is 11.4. The predicted molar refractivity (Wildman–Crippen MR) is 71.5 cm³/mol. The van der Waals surface area contributed by atoms with E-state index in [-0.39, 0.29) is 11.9 Å². The van der Waals surface area contributed by atoms with Crippen LogP contribution in [-0.4, -0.2) is 35.2 Å². The number of ether oxygens (including phenoxy) is 1. The molecule has 0 bridgehead atoms. The van der Waals surface area contributed by atoms with Crippen LogP contribution in [0, 0.1) is 11.8 Å². The zero-order valence-corrected chi connectivity index (χ0v) is 11.2. The molecule has 1 atom stereocenters. The number of nitrogens with one attached hydrogen (secondary N) is 1. The lowest BCUT2D eigenvalue weighted by Crippen LogP contribution is -2.34. The smallest absolute Gasteiger partial charge is 0.337 e. The van der Waals surface area contributed by atoms with E-state index in [0.717, 1.165) is 30.8 Å². The van der Waals surface area contributed by atoms with E-state index < -0.39 is 0 Å².